The standard InChI is InChI=1S/C19H18Cl2N2OS2/c1-11-8-16-17(9-12(11)2)26-19(23(16)6-7-25-3)22-18(24)14-5-4-13(20)10-15(14)21/h4-5,8-10H,6-7H2,1-3H3. The normalized spacial score (nSPS) is 12.1. The van der Waals surface area contributed by atoms with Gasteiger partial charge in [0, 0.05) is 17.3 Å². The van der Waals surface area contributed by atoms with Crippen LogP contribution in [-0.4, -0.2) is 22.5 Å². The summed E-state index contributed by atoms with van der Waals surface area (Å²) in [5, 5.41) is 0.809. The predicted molar refractivity (Wildman–Crippen MR) is 114 cm³/mol. The number of hydrogen-bond acceptors (Lipinski definition) is 3. The molecule has 0 atom stereocenters. The maximum Gasteiger partial charge on any atom is 0.281 e. The molecule has 26 heavy (non-hydrogen) atoms. The highest BCUT2D eigenvalue weighted by atomic mass is 35.5. The van der Waals surface area contributed by atoms with E-state index in [2.05, 4.69) is 41.8 Å². The number of amides is 1. The number of nitrogens with zero attached hydrogens (tertiary/aromatic N) is 2. The summed E-state index contributed by atoms with van der Waals surface area (Å²) >= 11 is 15.4. The number of aromatic nitrogens is 1. The molecule has 136 valence electrons. The number of halogens is 2. The second-order valence-corrected chi connectivity index (χ2v) is 8.81. The zero-order chi connectivity index (χ0) is 18.8. The molecule has 0 spiro atoms. The lowest BCUT2D eigenvalue weighted by Gasteiger charge is -2.06. The molecule has 3 aromatic rings. The molecule has 1 amide bonds. The van der Waals surface area contributed by atoms with Crippen molar-refractivity contribution in [1.82, 2.24) is 4.57 Å². The summed E-state index contributed by atoms with van der Waals surface area (Å²) in [6.07, 6.45) is 2.07. The van der Waals surface area contributed by atoms with Crippen molar-refractivity contribution >= 4 is 62.4 Å². The molecule has 0 bridgehead atoms. The smallest absolute Gasteiger partial charge is 0.281 e. The molecule has 1 aromatic heterocycles. The molecule has 0 aliphatic carbocycles. The van der Waals surface area contributed by atoms with Crippen LogP contribution in [0.25, 0.3) is 10.2 Å². The highest BCUT2D eigenvalue weighted by Crippen LogP contribution is 2.24. The number of benzene rings is 2. The van der Waals surface area contributed by atoms with Gasteiger partial charge in [-0.3, -0.25) is 4.79 Å². The molecule has 0 aliphatic rings. The van der Waals surface area contributed by atoms with Crippen LogP contribution in [0.4, 0.5) is 0 Å². The average molecular weight is 425 g/mol. The van der Waals surface area contributed by atoms with Crippen LogP contribution >= 0.6 is 46.3 Å². The monoisotopic (exact) mass is 424 g/mol. The molecule has 0 fully saturated rings. The van der Waals surface area contributed by atoms with Crippen molar-refractivity contribution in [2.24, 2.45) is 4.99 Å². The van der Waals surface area contributed by atoms with Crippen molar-refractivity contribution in [1.29, 1.82) is 0 Å². The van der Waals surface area contributed by atoms with E-state index in [1.807, 2.05) is 0 Å². The van der Waals surface area contributed by atoms with E-state index >= 15 is 0 Å². The van der Waals surface area contributed by atoms with E-state index in [-0.39, 0.29) is 5.91 Å². The fraction of sp³-hybridized carbons (Fsp3) is 0.263. The maximum absolute atomic E-state index is 12.7. The first-order valence-corrected chi connectivity index (χ1v) is 11.0. The molecule has 0 saturated heterocycles. The highest BCUT2D eigenvalue weighted by Gasteiger charge is 2.13. The summed E-state index contributed by atoms with van der Waals surface area (Å²) in [6.45, 7) is 4.99. The Balaban J connectivity index is 2.15. The Morgan fingerprint density at radius 3 is 2.62 bits per heavy atom. The van der Waals surface area contributed by atoms with E-state index in [0.717, 1.165) is 22.5 Å². The predicted octanol–water partition coefficient (Wildman–Crippen LogP) is 5.73. The quantitative estimate of drug-likeness (QED) is 0.535. The van der Waals surface area contributed by atoms with Gasteiger partial charge in [-0.25, -0.2) is 0 Å². The van der Waals surface area contributed by atoms with Gasteiger partial charge in [-0.2, -0.15) is 16.8 Å². The summed E-state index contributed by atoms with van der Waals surface area (Å²) in [4.78, 5) is 17.7. The number of rotatable bonds is 4. The lowest BCUT2D eigenvalue weighted by molar-refractivity contribution is 0.0998. The van der Waals surface area contributed by atoms with Crippen LogP contribution in [0.5, 0.6) is 0 Å². The number of thiazole rings is 1. The van der Waals surface area contributed by atoms with Crippen molar-refractivity contribution in [2.45, 2.75) is 20.4 Å². The molecular weight excluding hydrogens is 407 g/mol. The molecule has 3 nitrogen and oxygen atoms in total. The molecule has 0 aliphatic heterocycles. The first kappa shape index (κ1) is 19.5. The van der Waals surface area contributed by atoms with E-state index in [1.165, 1.54) is 22.5 Å². The summed E-state index contributed by atoms with van der Waals surface area (Å²) in [5.41, 5.74) is 3.93. The SMILES string of the molecule is CSCCn1c(=NC(=O)c2ccc(Cl)cc2Cl)sc2cc(C)c(C)cc21. The minimum absolute atomic E-state index is 0.315. The van der Waals surface area contributed by atoms with Gasteiger partial charge in [0.2, 0.25) is 0 Å². The summed E-state index contributed by atoms with van der Waals surface area (Å²) in [5.74, 6) is 0.589. The van der Waals surface area contributed by atoms with Gasteiger partial charge in [-0.1, -0.05) is 34.5 Å². The van der Waals surface area contributed by atoms with Crippen LogP contribution in [0.3, 0.4) is 0 Å². The maximum atomic E-state index is 12.7. The Kier molecular flexibility index (Phi) is 6.13. The Hall–Kier alpha value is -1.27. The zero-order valence-electron chi connectivity index (χ0n) is 14.7. The van der Waals surface area contributed by atoms with Crippen molar-refractivity contribution in [3.8, 4) is 0 Å². The molecule has 0 radical (unpaired) electrons. The average Bonchev–Trinajstić information content (AvgIpc) is 2.89. The van der Waals surface area contributed by atoms with Crippen LogP contribution in [0.2, 0.25) is 10.0 Å². The van der Waals surface area contributed by atoms with Crippen LogP contribution in [0, 0.1) is 13.8 Å². The van der Waals surface area contributed by atoms with Crippen molar-refractivity contribution in [3.63, 3.8) is 0 Å². The number of fused-ring (bicyclic) bond motifs is 1. The Morgan fingerprint density at radius 1 is 1.19 bits per heavy atom. The van der Waals surface area contributed by atoms with Gasteiger partial charge in [-0.05, 0) is 61.6 Å². The van der Waals surface area contributed by atoms with E-state index < -0.39 is 0 Å². The highest BCUT2D eigenvalue weighted by molar-refractivity contribution is 7.98. The summed E-state index contributed by atoms with van der Waals surface area (Å²) in [6, 6.07) is 9.15. The minimum Gasteiger partial charge on any atom is -0.315 e. The third kappa shape index (κ3) is 4.01. The molecule has 7 heteroatoms. The van der Waals surface area contributed by atoms with E-state index in [9.17, 15) is 4.79 Å². The molecular formula is C19H18Cl2N2OS2. The first-order chi connectivity index (χ1) is 12.4. The first-order valence-electron chi connectivity index (χ1n) is 8.04. The molecule has 1 heterocycles. The van der Waals surface area contributed by atoms with Crippen molar-refractivity contribution < 1.29 is 4.79 Å². The molecule has 0 N–H and O–H groups in total. The molecule has 2 aromatic carbocycles. The largest absolute Gasteiger partial charge is 0.315 e. The number of aryl methyl sites for hydroxylation is 3. The van der Waals surface area contributed by atoms with Gasteiger partial charge >= 0.3 is 0 Å². The summed E-state index contributed by atoms with van der Waals surface area (Å²) < 4.78 is 3.24. The number of carbonyl (C=O) groups excluding carboxylic acids is 1. The lowest BCUT2D eigenvalue weighted by Crippen LogP contribution is -2.18. The minimum atomic E-state index is -0.357. The van der Waals surface area contributed by atoms with Crippen molar-refractivity contribution in [3.05, 3.63) is 61.9 Å². The van der Waals surface area contributed by atoms with Gasteiger partial charge in [0.25, 0.3) is 5.91 Å². The number of thioether (sulfide) groups is 1. The summed E-state index contributed by atoms with van der Waals surface area (Å²) in [7, 11) is 0. The second kappa shape index (κ2) is 8.17. The Bertz CT molecular complexity index is 1050. The van der Waals surface area contributed by atoms with Gasteiger partial charge in [-0.15, -0.1) is 0 Å². The fourth-order valence-corrected chi connectivity index (χ4v) is 4.60. The number of hydrogen-bond donors (Lipinski definition) is 0. The van der Waals surface area contributed by atoms with Crippen LogP contribution < -0.4 is 4.80 Å². The molecule has 0 saturated carbocycles. The van der Waals surface area contributed by atoms with Gasteiger partial charge in [0.1, 0.15) is 0 Å². The Morgan fingerprint density at radius 2 is 1.92 bits per heavy atom. The van der Waals surface area contributed by atoms with Gasteiger partial charge in [0.15, 0.2) is 4.80 Å². The third-order valence-electron chi connectivity index (χ3n) is 4.18. The Labute approximate surface area is 170 Å². The van der Waals surface area contributed by atoms with Gasteiger partial charge < -0.3 is 4.57 Å². The second-order valence-electron chi connectivity index (χ2n) is 5.97. The lowest BCUT2D eigenvalue weighted by atomic mass is 10.1. The fourth-order valence-electron chi connectivity index (χ4n) is 2.62. The zero-order valence-corrected chi connectivity index (χ0v) is 17.8. The topological polar surface area (TPSA) is 34.4 Å². The van der Waals surface area contributed by atoms with Crippen LogP contribution in [-0.2, 0) is 6.54 Å². The molecule has 3 rings (SSSR count). The number of carbonyl (C=O) groups is 1. The van der Waals surface area contributed by atoms with Gasteiger partial charge in [0.05, 0.1) is 20.8 Å². The van der Waals surface area contributed by atoms with Crippen LogP contribution in [0.1, 0.15) is 21.5 Å². The van der Waals surface area contributed by atoms with Crippen molar-refractivity contribution in [2.75, 3.05) is 12.0 Å². The van der Waals surface area contributed by atoms with E-state index in [1.54, 1.807) is 30.0 Å². The van der Waals surface area contributed by atoms with E-state index in [0.29, 0.717) is 20.4 Å². The molecule has 0 unspecified atom stereocenters. The van der Waals surface area contributed by atoms with E-state index in [4.69, 9.17) is 23.2 Å². The van der Waals surface area contributed by atoms with Crippen LogP contribution in [0.15, 0.2) is 35.3 Å². The third-order valence-corrected chi connectivity index (χ3v) is 6.36.